The van der Waals surface area contributed by atoms with Gasteiger partial charge in [0.05, 0.1) is 16.2 Å². The molecule has 1 aromatic carbocycles. The Balaban J connectivity index is 2.95. The summed E-state index contributed by atoms with van der Waals surface area (Å²) in [6.07, 6.45) is 0. The molecule has 0 aliphatic heterocycles. The summed E-state index contributed by atoms with van der Waals surface area (Å²) in [7, 11) is 1.21. The third-order valence-corrected chi connectivity index (χ3v) is 4.08. The fourth-order valence-corrected chi connectivity index (χ4v) is 2.69. The van der Waals surface area contributed by atoms with E-state index in [9.17, 15) is 15.7 Å². The largest absolute Gasteiger partial charge is 0.467 e. The standard InChI is InChI=1S/C11H12INO5/c1-7(11(15)18-2)13-10(14)8-5-3-4-6-9(8)12(16)17/h3-7H,1-2H3,(H,13,14)/t7-/m1/s1. The number of nitrogens with one attached hydrogen (secondary N) is 1. The maximum atomic E-state index is 11.8. The first-order chi connectivity index (χ1) is 8.47. The molecule has 1 aromatic rings. The number of carbonyl (C=O) groups is 2. The summed E-state index contributed by atoms with van der Waals surface area (Å²) in [5.41, 5.74) is 0.0449. The van der Waals surface area contributed by atoms with Gasteiger partial charge in [0.25, 0.3) is 5.91 Å². The maximum absolute atomic E-state index is 11.8. The summed E-state index contributed by atoms with van der Waals surface area (Å²) in [6.45, 7) is 1.46. The Morgan fingerprint density at radius 3 is 2.44 bits per heavy atom. The van der Waals surface area contributed by atoms with E-state index in [2.05, 4.69) is 10.1 Å². The van der Waals surface area contributed by atoms with Crippen molar-refractivity contribution in [2.24, 2.45) is 0 Å². The van der Waals surface area contributed by atoms with E-state index in [1.807, 2.05) is 0 Å². The number of benzene rings is 1. The summed E-state index contributed by atoms with van der Waals surface area (Å²) < 4.78 is 26.6. The van der Waals surface area contributed by atoms with Gasteiger partial charge in [-0.25, -0.2) is 10.9 Å². The number of ether oxygens (including phenoxy) is 1. The molecule has 1 amide bonds. The molecule has 0 bridgehead atoms. The molecular formula is C11H12INO5. The van der Waals surface area contributed by atoms with Gasteiger partial charge in [0, 0.05) is 0 Å². The molecule has 0 unspecified atom stereocenters. The normalized spacial score (nSPS) is 11.9. The number of rotatable bonds is 4. The Labute approximate surface area is 111 Å². The third kappa shape index (κ3) is 3.49. The smallest absolute Gasteiger partial charge is 0.341 e. The third-order valence-electron chi connectivity index (χ3n) is 2.19. The topological polar surface area (TPSA) is 89.5 Å². The predicted molar refractivity (Wildman–Crippen MR) is 69.5 cm³/mol. The minimum Gasteiger partial charge on any atom is -0.467 e. The molecule has 0 radical (unpaired) electrons. The van der Waals surface area contributed by atoms with E-state index in [0.29, 0.717) is 0 Å². The minimum absolute atomic E-state index is 0.0104. The van der Waals surface area contributed by atoms with Crippen molar-refractivity contribution >= 4 is 31.7 Å². The Kier molecular flexibility index (Phi) is 5.20. The van der Waals surface area contributed by atoms with E-state index in [4.69, 9.17) is 0 Å². The zero-order chi connectivity index (χ0) is 13.7. The first-order valence-electron chi connectivity index (χ1n) is 5.00. The van der Waals surface area contributed by atoms with Gasteiger partial charge in [-0.1, -0.05) is 12.1 Å². The van der Waals surface area contributed by atoms with Crippen LogP contribution in [0.25, 0.3) is 0 Å². The van der Waals surface area contributed by atoms with Crippen molar-refractivity contribution in [1.29, 1.82) is 0 Å². The summed E-state index contributed by atoms with van der Waals surface area (Å²) in [6, 6.07) is 5.02. The lowest BCUT2D eigenvalue weighted by atomic mass is 10.2. The Bertz CT molecular complexity index is 530. The second kappa shape index (κ2) is 6.43. The second-order valence-corrected chi connectivity index (χ2v) is 5.82. The van der Waals surface area contributed by atoms with Gasteiger partial charge in [0.2, 0.25) is 0 Å². The van der Waals surface area contributed by atoms with Gasteiger partial charge in [0.1, 0.15) is 6.04 Å². The van der Waals surface area contributed by atoms with Crippen LogP contribution in [0.2, 0.25) is 0 Å². The molecule has 0 aliphatic rings. The molecule has 1 N–H and O–H groups in total. The van der Waals surface area contributed by atoms with Crippen LogP contribution < -0.4 is 5.32 Å². The van der Waals surface area contributed by atoms with Gasteiger partial charge in [-0.05, 0) is 19.1 Å². The predicted octanol–water partition coefficient (Wildman–Crippen LogP) is 1.34. The molecular weight excluding hydrogens is 353 g/mol. The summed E-state index contributed by atoms with van der Waals surface area (Å²) >= 11 is -3.75. The first kappa shape index (κ1) is 14.6. The van der Waals surface area contributed by atoms with E-state index >= 15 is 0 Å². The number of methoxy groups -OCH3 is 1. The van der Waals surface area contributed by atoms with E-state index in [0.717, 1.165) is 0 Å². The van der Waals surface area contributed by atoms with Gasteiger partial charge in [-0.3, -0.25) is 4.79 Å². The number of esters is 1. The van der Waals surface area contributed by atoms with Gasteiger partial charge in [-0.2, -0.15) is 0 Å². The van der Waals surface area contributed by atoms with Crippen LogP contribution in [0.5, 0.6) is 0 Å². The summed E-state index contributed by atoms with van der Waals surface area (Å²) in [5, 5.41) is 2.38. The average molecular weight is 365 g/mol. The molecule has 0 spiro atoms. The highest BCUT2D eigenvalue weighted by Gasteiger charge is 2.19. The summed E-state index contributed by atoms with van der Waals surface area (Å²) in [5.74, 6) is -1.21. The monoisotopic (exact) mass is 365 g/mol. The minimum atomic E-state index is -3.75. The molecule has 0 saturated heterocycles. The molecule has 0 heterocycles. The van der Waals surface area contributed by atoms with Crippen LogP contribution in [-0.2, 0) is 15.7 Å². The molecule has 7 heteroatoms. The van der Waals surface area contributed by atoms with Crippen LogP contribution in [-0.4, -0.2) is 25.0 Å². The van der Waals surface area contributed by atoms with Crippen LogP contribution in [0.15, 0.2) is 24.3 Å². The lowest BCUT2D eigenvalue weighted by Crippen LogP contribution is -2.39. The Morgan fingerprint density at radius 1 is 1.28 bits per heavy atom. The van der Waals surface area contributed by atoms with Crippen LogP contribution in [0.4, 0.5) is 0 Å². The second-order valence-electron chi connectivity index (χ2n) is 3.42. The highest BCUT2D eigenvalue weighted by atomic mass is 127. The van der Waals surface area contributed by atoms with Crippen molar-refractivity contribution < 1.29 is 20.5 Å². The van der Waals surface area contributed by atoms with Crippen molar-refractivity contribution in [3.05, 3.63) is 33.4 Å². The quantitative estimate of drug-likeness (QED) is 0.643. The fraction of sp³-hybridized carbons (Fsp3) is 0.273. The highest BCUT2D eigenvalue weighted by molar-refractivity contribution is 14.2. The highest BCUT2D eigenvalue weighted by Crippen LogP contribution is 2.21. The zero-order valence-electron chi connectivity index (χ0n) is 9.81. The van der Waals surface area contributed by atoms with Gasteiger partial charge < -0.3 is 10.1 Å². The Morgan fingerprint density at radius 2 is 1.89 bits per heavy atom. The van der Waals surface area contributed by atoms with E-state index < -0.39 is 37.7 Å². The average Bonchev–Trinajstić information content (AvgIpc) is 2.37. The molecule has 18 heavy (non-hydrogen) atoms. The van der Waals surface area contributed by atoms with Crippen molar-refractivity contribution in [1.82, 2.24) is 5.32 Å². The van der Waals surface area contributed by atoms with E-state index in [-0.39, 0.29) is 9.13 Å². The number of hydrogen-bond donors (Lipinski definition) is 1. The van der Waals surface area contributed by atoms with Crippen LogP contribution >= 0.6 is 19.8 Å². The molecule has 6 nitrogen and oxygen atoms in total. The van der Waals surface area contributed by atoms with Crippen LogP contribution in [0.3, 0.4) is 0 Å². The lowest BCUT2D eigenvalue weighted by Gasteiger charge is -2.11. The van der Waals surface area contributed by atoms with Crippen molar-refractivity contribution in [3.63, 3.8) is 0 Å². The van der Waals surface area contributed by atoms with Crippen LogP contribution in [0.1, 0.15) is 17.3 Å². The van der Waals surface area contributed by atoms with Gasteiger partial charge in [0.15, 0.2) is 0 Å². The van der Waals surface area contributed by atoms with Gasteiger partial charge in [-0.15, -0.1) is 0 Å². The van der Waals surface area contributed by atoms with Gasteiger partial charge >= 0.3 is 25.8 Å². The number of amides is 1. The molecule has 0 aliphatic carbocycles. The zero-order valence-corrected chi connectivity index (χ0v) is 12.0. The molecule has 0 fully saturated rings. The molecule has 98 valence electrons. The molecule has 0 aromatic heterocycles. The van der Waals surface area contributed by atoms with Crippen molar-refractivity contribution in [2.75, 3.05) is 7.11 Å². The molecule has 1 rings (SSSR count). The Hall–Kier alpha value is -1.51. The van der Waals surface area contributed by atoms with E-state index in [1.54, 1.807) is 6.07 Å². The number of halogens is 1. The fourth-order valence-electron chi connectivity index (χ4n) is 1.29. The van der Waals surface area contributed by atoms with E-state index in [1.165, 1.54) is 32.2 Å². The number of hydrogen-bond acceptors (Lipinski definition) is 5. The number of carbonyl (C=O) groups excluding carboxylic acids is 2. The SMILES string of the molecule is COC(=O)[C@@H](C)NC(=O)c1ccccc1I(=O)=O. The molecule has 0 saturated carbocycles. The lowest BCUT2D eigenvalue weighted by molar-refractivity contribution is -0.142. The molecule has 1 atom stereocenters. The summed E-state index contributed by atoms with van der Waals surface area (Å²) in [4.78, 5) is 23.0. The van der Waals surface area contributed by atoms with Crippen molar-refractivity contribution in [3.8, 4) is 0 Å². The van der Waals surface area contributed by atoms with Crippen molar-refractivity contribution in [2.45, 2.75) is 13.0 Å². The first-order valence-corrected chi connectivity index (χ1v) is 7.84. The van der Waals surface area contributed by atoms with Crippen LogP contribution in [0, 0.1) is 3.57 Å². The maximum Gasteiger partial charge on any atom is 0.341 e.